The summed E-state index contributed by atoms with van der Waals surface area (Å²) < 4.78 is 24.3. The molecule has 0 amide bonds. The fourth-order valence-electron chi connectivity index (χ4n) is 3.50. The average molecular weight is 641 g/mol. The van der Waals surface area contributed by atoms with Gasteiger partial charge in [0.25, 0.3) is 0 Å². The van der Waals surface area contributed by atoms with Gasteiger partial charge in [-0.2, -0.15) is 19.6 Å². The van der Waals surface area contributed by atoms with E-state index in [9.17, 15) is 18.4 Å². The van der Waals surface area contributed by atoms with Crippen LogP contribution < -0.4 is 0 Å². The Hall–Kier alpha value is -2.20. The summed E-state index contributed by atoms with van der Waals surface area (Å²) >= 11 is 36.3. The lowest BCUT2D eigenvalue weighted by Crippen LogP contribution is -2.23. The molecule has 0 N–H and O–H groups in total. The first-order valence-corrected chi connectivity index (χ1v) is 12.9. The minimum absolute atomic E-state index is 0.0704. The SMILES string of the molecule is O=C(CCC(=O)n1nc(-c2ccc(F)cc2)cc1C(Cl)(Cl)Cl)n1nc(-c2ccc(F)cc2)cc1C(Cl)(Cl)Cl. The van der Waals surface area contributed by atoms with Crippen molar-refractivity contribution in [2.45, 2.75) is 20.4 Å². The molecule has 198 valence electrons. The van der Waals surface area contributed by atoms with Gasteiger partial charge in [-0.3, -0.25) is 9.59 Å². The number of carbonyl (C=O) groups excluding carboxylic acids is 2. The van der Waals surface area contributed by atoms with Crippen molar-refractivity contribution in [1.29, 1.82) is 0 Å². The van der Waals surface area contributed by atoms with Gasteiger partial charge in [0.15, 0.2) is 0 Å². The zero-order valence-electron chi connectivity index (χ0n) is 18.8. The summed E-state index contributed by atoms with van der Waals surface area (Å²) in [6.07, 6.45) is -0.746. The van der Waals surface area contributed by atoms with Crippen LogP contribution in [0.5, 0.6) is 0 Å². The lowest BCUT2D eigenvalue weighted by atomic mass is 10.1. The molecule has 0 aliphatic heterocycles. The number of hydrogen-bond donors (Lipinski definition) is 0. The van der Waals surface area contributed by atoms with Crippen LogP contribution in [0.4, 0.5) is 8.78 Å². The highest BCUT2D eigenvalue weighted by Crippen LogP contribution is 2.41. The molecule has 0 aliphatic rings. The van der Waals surface area contributed by atoms with Crippen LogP contribution >= 0.6 is 69.6 Å². The lowest BCUT2D eigenvalue weighted by Gasteiger charge is -2.14. The third-order valence-corrected chi connectivity index (χ3v) is 6.47. The molecule has 2 aromatic heterocycles. The molecule has 6 nitrogen and oxygen atoms in total. The number of nitrogens with zero attached hydrogens (tertiary/aromatic N) is 4. The summed E-state index contributed by atoms with van der Waals surface area (Å²) in [6, 6.07) is 13.4. The van der Waals surface area contributed by atoms with Crippen molar-refractivity contribution in [1.82, 2.24) is 19.6 Å². The second kappa shape index (κ2) is 11.1. The highest BCUT2D eigenvalue weighted by molar-refractivity contribution is 6.67. The Morgan fingerprint density at radius 1 is 0.632 bits per heavy atom. The predicted molar refractivity (Wildman–Crippen MR) is 144 cm³/mol. The van der Waals surface area contributed by atoms with Crippen molar-refractivity contribution in [3.8, 4) is 22.5 Å². The molecular weight excluding hydrogens is 627 g/mol. The van der Waals surface area contributed by atoms with Crippen molar-refractivity contribution in [2.75, 3.05) is 0 Å². The van der Waals surface area contributed by atoms with Crippen LogP contribution in [0, 0.1) is 11.6 Å². The molecule has 0 aliphatic carbocycles. The zero-order valence-corrected chi connectivity index (χ0v) is 23.4. The highest BCUT2D eigenvalue weighted by atomic mass is 35.6. The molecule has 0 saturated heterocycles. The van der Waals surface area contributed by atoms with E-state index in [-0.39, 0.29) is 35.6 Å². The summed E-state index contributed by atoms with van der Waals surface area (Å²) in [6.45, 7) is 0. The number of halogens is 8. The van der Waals surface area contributed by atoms with Gasteiger partial charge in [0.1, 0.15) is 11.6 Å². The Morgan fingerprint density at radius 3 is 1.24 bits per heavy atom. The van der Waals surface area contributed by atoms with Crippen molar-refractivity contribution in [3.63, 3.8) is 0 Å². The normalized spacial score (nSPS) is 12.1. The molecule has 0 unspecified atom stereocenters. The van der Waals surface area contributed by atoms with Gasteiger partial charge in [-0.15, -0.1) is 0 Å². The quantitative estimate of drug-likeness (QED) is 0.207. The van der Waals surface area contributed by atoms with Gasteiger partial charge < -0.3 is 0 Å². The summed E-state index contributed by atoms with van der Waals surface area (Å²) in [5.74, 6) is -2.26. The van der Waals surface area contributed by atoms with Crippen LogP contribution in [-0.4, -0.2) is 31.4 Å². The van der Waals surface area contributed by atoms with Gasteiger partial charge in [-0.05, 0) is 60.7 Å². The Morgan fingerprint density at radius 2 is 0.947 bits per heavy atom. The molecular formula is C24H14Cl6F2N4O2. The van der Waals surface area contributed by atoms with Gasteiger partial charge in [0.2, 0.25) is 19.4 Å². The molecule has 38 heavy (non-hydrogen) atoms. The van der Waals surface area contributed by atoms with E-state index in [1.807, 2.05) is 0 Å². The van der Waals surface area contributed by atoms with Crippen molar-refractivity contribution in [3.05, 3.63) is 83.7 Å². The summed E-state index contributed by atoms with van der Waals surface area (Å²) in [5.41, 5.74) is 1.31. The number of rotatable bonds is 5. The fourth-order valence-corrected chi connectivity index (χ4v) is 4.30. The lowest BCUT2D eigenvalue weighted by molar-refractivity contribution is 0.0810. The number of hydrogen-bond acceptors (Lipinski definition) is 4. The maximum Gasteiger partial charge on any atom is 0.247 e. The first kappa shape index (κ1) is 28.8. The van der Waals surface area contributed by atoms with Crippen LogP contribution in [0.25, 0.3) is 22.5 Å². The second-order valence-electron chi connectivity index (χ2n) is 7.95. The van der Waals surface area contributed by atoms with E-state index in [1.54, 1.807) is 0 Å². The van der Waals surface area contributed by atoms with Crippen molar-refractivity contribution in [2.24, 2.45) is 0 Å². The molecule has 4 rings (SSSR count). The molecule has 14 heteroatoms. The average Bonchev–Trinajstić information content (AvgIpc) is 3.49. The topological polar surface area (TPSA) is 69.8 Å². The highest BCUT2D eigenvalue weighted by Gasteiger charge is 2.33. The van der Waals surface area contributed by atoms with Gasteiger partial charge in [0.05, 0.1) is 22.8 Å². The fraction of sp³-hybridized carbons (Fsp3) is 0.167. The van der Waals surface area contributed by atoms with E-state index >= 15 is 0 Å². The van der Waals surface area contributed by atoms with Crippen LogP contribution in [0.3, 0.4) is 0 Å². The third-order valence-electron chi connectivity index (χ3n) is 5.30. The summed E-state index contributed by atoms with van der Waals surface area (Å²) in [5, 5.41) is 8.40. The molecule has 0 radical (unpaired) electrons. The first-order valence-electron chi connectivity index (χ1n) is 10.7. The Bertz CT molecular complexity index is 1380. The van der Waals surface area contributed by atoms with Crippen molar-refractivity contribution < 1.29 is 18.4 Å². The Labute approximate surface area is 244 Å². The van der Waals surface area contributed by atoms with E-state index < -0.39 is 31.0 Å². The maximum atomic E-state index is 13.3. The van der Waals surface area contributed by atoms with E-state index in [0.29, 0.717) is 11.1 Å². The standard InChI is InChI=1S/C24H14Cl6F2N4O2/c25-23(26,27)19-11-17(13-1-5-15(31)6-2-13)33-35(19)21(37)9-10-22(38)36-20(24(28,29)30)12-18(34-36)14-3-7-16(32)8-4-14/h1-8,11-12H,9-10H2. The summed E-state index contributed by atoms with van der Waals surface area (Å²) in [4.78, 5) is 26.1. The van der Waals surface area contributed by atoms with Crippen LogP contribution in [-0.2, 0) is 7.59 Å². The largest absolute Gasteiger partial charge is 0.273 e. The van der Waals surface area contributed by atoms with Gasteiger partial charge in [0, 0.05) is 24.0 Å². The number of aromatic nitrogens is 4. The molecule has 0 saturated carbocycles. The predicted octanol–water partition coefficient (Wildman–Crippen LogP) is 8.11. The maximum absolute atomic E-state index is 13.3. The smallest absolute Gasteiger partial charge is 0.247 e. The first-order chi connectivity index (χ1) is 17.7. The van der Waals surface area contributed by atoms with Gasteiger partial charge >= 0.3 is 0 Å². The van der Waals surface area contributed by atoms with E-state index in [0.717, 1.165) is 9.36 Å². The van der Waals surface area contributed by atoms with Crippen LogP contribution in [0.15, 0.2) is 60.7 Å². The molecule has 2 heterocycles. The molecule has 4 aromatic rings. The van der Waals surface area contributed by atoms with Crippen LogP contribution in [0.1, 0.15) is 33.8 Å². The van der Waals surface area contributed by atoms with Crippen LogP contribution in [0.2, 0.25) is 0 Å². The minimum atomic E-state index is -2.03. The number of benzene rings is 2. The third kappa shape index (κ3) is 6.50. The Kier molecular flexibility index (Phi) is 8.43. The van der Waals surface area contributed by atoms with Gasteiger partial charge in [-0.25, -0.2) is 8.78 Å². The monoisotopic (exact) mass is 638 g/mol. The number of alkyl halides is 6. The molecule has 0 bridgehead atoms. The summed E-state index contributed by atoms with van der Waals surface area (Å²) in [7, 11) is 0. The second-order valence-corrected chi connectivity index (χ2v) is 12.5. The number of carbonyl (C=O) groups is 2. The van der Waals surface area contributed by atoms with E-state index in [4.69, 9.17) is 69.6 Å². The molecule has 0 atom stereocenters. The molecule has 2 aromatic carbocycles. The Balaban J connectivity index is 1.59. The van der Waals surface area contributed by atoms with Gasteiger partial charge in [-0.1, -0.05) is 69.6 Å². The van der Waals surface area contributed by atoms with E-state index in [2.05, 4.69) is 10.2 Å². The minimum Gasteiger partial charge on any atom is -0.273 e. The van der Waals surface area contributed by atoms with Crippen molar-refractivity contribution >= 4 is 81.4 Å². The molecule has 0 spiro atoms. The van der Waals surface area contributed by atoms with E-state index in [1.165, 1.54) is 60.7 Å². The zero-order chi connectivity index (χ0) is 27.8. The molecule has 0 fully saturated rings.